The first-order valence-corrected chi connectivity index (χ1v) is 3.46. The van der Waals surface area contributed by atoms with Gasteiger partial charge in [0.05, 0.1) is 0 Å². The largest absolute Gasteiger partial charge is 0.472 e. The minimum Gasteiger partial charge on any atom is -0.472 e. The average molecular weight is 151 g/mol. The lowest BCUT2D eigenvalue weighted by Crippen LogP contribution is -2.23. The topological polar surface area (TPSA) is 35.0 Å². The molecule has 1 heterocycles. The molecule has 11 heavy (non-hydrogen) atoms. The summed E-state index contributed by atoms with van der Waals surface area (Å²) in [6.45, 7) is 5.90. The molecular weight excluding hydrogens is 140 g/mol. The first kappa shape index (κ1) is 7.98. The van der Waals surface area contributed by atoms with Crippen LogP contribution in [0, 0.1) is 6.33 Å². The molecule has 0 aromatic carbocycles. The van der Waals surface area contributed by atoms with E-state index in [-0.39, 0.29) is 5.60 Å². The van der Waals surface area contributed by atoms with Crippen molar-refractivity contribution < 1.29 is 4.74 Å². The third-order valence-corrected chi connectivity index (χ3v) is 0.920. The third-order valence-electron chi connectivity index (χ3n) is 0.920. The van der Waals surface area contributed by atoms with Crippen LogP contribution in [0.3, 0.4) is 0 Å². The van der Waals surface area contributed by atoms with E-state index in [0.717, 1.165) is 0 Å². The zero-order chi connectivity index (χ0) is 8.32. The molecule has 3 nitrogen and oxygen atoms in total. The van der Waals surface area contributed by atoms with Crippen molar-refractivity contribution in [1.82, 2.24) is 9.97 Å². The van der Waals surface area contributed by atoms with Crippen LogP contribution in [0.25, 0.3) is 0 Å². The van der Waals surface area contributed by atoms with Crippen LogP contribution in [0.2, 0.25) is 0 Å². The molecular formula is C8H11N2O. The zero-order valence-electron chi connectivity index (χ0n) is 6.96. The molecule has 0 aliphatic rings. The summed E-state index contributed by atoms with van der Waals surface area (Å²) in [4.78, 5) is 7.47. The van der Waals surface area contributed by atoms with Crippen molar-refractivity contribution >= 4 is 0 Å². The molecule has 1 rings (SSSR count). The van der Waals surface area contributed by atoms with E-state index < -0.39 is 0 Å². The van der Waals surface area contributed by atoms with Crippen molar-refractivity contribution in [2.24, 2.45) is 0 Å². The van der Waals surface area contributed by atoms with Crippen molar-refractivity contribution in [3.8, 4) is 5.88 Å². The number of aromatic nitrogens is 2. The molecule has 1 aromatic rings. The third kappa shape index (κ3) is 2.98. The highest BCUT2D eigenvalue weighted by atomic mass is 16.5. The normalized spacial score (nSPS) is 11.2. The summed E-state index contributed by atoms with van der Waals surface area (Å²) in [5.74, 6) is 0.563. The second-order valence-corrected chi connectivity index (χ2v) is 3.21. The standard InChI is InChI=1S/C8H11N2O/c1-8(2,3)11-7-4-5-9-6-10-7/h4-5H,1-3H3. The van der Waals surface area contributed by atoms with Crippen molar-refractivity contribution in [3.63, 3.8) is 0 Å². The van der Waals surface area contributed by atoms with Crippen LogP contribution >= 0.6 is 0 Å². The lowest BCUT2D eigenvalue weighted by atomic mass is 10.2. The molecule has 0 amide bonds. The predicted octanol–water partition coefficient (Wildman–Crippen LogP) is 1.45. The Morgan fingerprint density at radius 3 is 2.64 bits per heavy atom. The van der Waals surface area contributed by atoms with Crippen LogP contribution in [0.1, 0.15) is 20.8 Å². The number of hydrogen-bond acceptors (Lipinski definition) is 3. The molecule has 0 aliphatic heterocycles. The van der Waals surface area contributed by atoms with Crippen LogP contribution in [0.4, 0.5) is 0 Å². The first-order chi connectivity index (χ1) is 5.08. The molecule has 0 saturated carbocycles. The highest BCUT2D eigenvalue weighted by molar-refractivity contribution is 5.05. The van der Waals surface area contributed by atoms with Gasteiger partial charge in [0.1, 0.15) is 5.60 Å². The average Bonchev–Trinajstić information content (AvgIpc) is 1.85. The fraction of sp³-hybridized carbons (Fsp3) is 0.500. The van der Waals surface area contributed by atoms with Gasteiger partial charge in [-0.2, -0.15) is 4.98 Å². The Morgan fingerprint density at radius 1 is 1.45 bits per heavy atom. The molecule has 0 aliphatic carbocycles. The Bertz CT molecular complexity index is 215. The van der Waals surface area contributed by atoms with Gasteiger partial charge in [-0.05, 0) is 20.8 Å². The highest BCUT2D eigenvalue weighted by Crippen LogP contribution is 2.12. The highest BCUT2D eigenvalue weighted by Gasteiger charge is 2.11. The number of nitrogens with zero attached hydrogens (tertiary/aromatic N) is 2. The molecule has 59 valence electrons. The minimum absolute atomic E-state index is 0.206. The van der Waals surface area contributed by atoms with Crippen molar-refractivity contribution in [1.29, 1.82) is 0 Å². The van der Waals surface area contributed by atoms with Gasteiger partial charge in [0, 0.05) is 12.3 Å². The van der Waals surface area contributed by atoms with Gasteiger partial charge in [0.25, 0.3) is 0 Å². The lowest BCUT2D eigenvalue weighted by Gasteiger charge is -2.19. The fourth-order valence-corrected chi connectivity index (χ4v) is 0.620. The molecule has 0 spiro atoms. The summed E-state index contributed by atoms with van der Waals surface area (Å²) in [5.41, 5.74) is -0.206. The monoisotopic (exact) mass is 151 g/mol. The molecule has 0 bridgehead atoms. The van der Waals surface area contributed by atoms with Gasteiger partial charge >= 0.3 is 0 Å². The maximum Gasteiger partial charge on any atom is 0.217 e. The molecule has 0 fully saturated rings. The summed E-state index contributed by atoms with van der Waals surface area (Å²) in [6.07, 6.45) is 4.06. The SMILES string of the molecule is CC(C)(C)Oc1ccn[c]n1. The predicted molar refractivity (Wildman–Crippen MR) is 41.2 cm³/mol. The van der Waals surface area contributed by atoms with Gasteiger partial charge in [-0.25, -0.2) is 4.98 Å². The summed E-state index contributed by atoms with van der Waals surface area (Å²) in [7, 11) is 0. The van der Waals surface area contributed by atoms with Crippen molar-refractivity contribution in [2.75, 3.05) is 0 Å². The second kappa shape index (κ2) is 2.86. The molecule has 0 N–H and O–H groups in total. The fourth-order valence-electron chi connectivity index (χ4n) is 0.620. The molecule has 0 atom stereocenters. The van der Waals surface area contributed by atoms with E-state index in [4.69, 9.17) is 4.74 Å². The summed E-state index contributed by atoms with van der Waals surface area (Å²) in [5, 5.41) is 0. The maximum atomic E-state index is 5.42. The Morgan fingerprint density at radius 2 is 2.18 bits per heavy atom. The van der Waals surface area contributed by atoms with Crippen LogP contribution in [-0.4, -0.2) is 15.6 Å². The Labute approximate surface area is 66.4 Å². The van der Waals surface area contributed by atoms with E-state index in [1.54, 1.807) is 12.3 Å². The van der Waals surface area contributed by atoms with E-state index in [9.17, 15) is 0 Å². The quantitative estimate of drug-likeness (QED) is 0.609. The van der Waals surface area contributed by atoms with E-state index in [2.05, 4.69) is 16.3 Å². The Kier molecular flexibility index (Phi) is 2.08. The van der Waals surface area contributed by atoms with Gasteiger partial charge < -0.3 is 4.74 Å². The summed E-state index contributed by atoms with van der Waals surface area (Å²) in [6, 6.07) is 1.71. The molecule has 0 saturated heterocycles. The number of rotatable bonds is 1. The summed E-state index contributed by atoms with van der Waals surface area (Å²) < 4.78 is 5.42. The van der Waals surface area contributed by atoms with E-state index in [0.29, 0.717) is 5.88 Å². The van der Waals surface area contributed by atoms with Crippen LogP contribution in [0.5, 0.6) is 5.88 Å². The number of ether oxygens (including phenoxy) is 1. The number of hydrogen-bond donors (Lipinski definition) is 0. The van der Waals surface area contributed by atoms with E-state index >= 15 is 0 Å². The summed E-state index contributed by atoms with van der Waals surface area (Å²) >= 11 is 0. The van der Waals surface area contributed by atoms with Crippen molar-refractivity contribution in [2.45, 2.75) is 26.4 Å². The lowest BCUT2D eigenvalue weighted by molar-refractivity contribution is 0.124. The molecule has 1 aromatic heterocycles. The van der Waals surface area contributed by atoms with Gasteiger partial charge in [-0.3, -0.25) is 0 Å². The van der Waals surface area contributed by atoms with Gasteiger partial charge in [-0.1, -0.05) is 0 Å². The maximum absolute atomic E-state index is 5.42. The first-order valence-electron chi connectivity index (χ1n) is 3.46. The van der Waals surface area contributed by atoms with Crippen LogP contribution < -0.4 is 4.74 Å². The van der Waals surface area contributed by atoms with E-state index in [1.807, 2.05) is 20.8 Å². The molecule has 0 unspecified atom stereocenters. The van der Waals surface area contributed by atoms with Crippen LogP contribution in [-0.2, 0) is 0 Å². The van der Waals surface area contributed by atoms with Gasteiger partial charge in [-0.15, -0.1) is 0 Å². The smallest absolute Gasteiger partial charge is 0.217 e. The van der Waals surface area contributed by atoms with Gasteiger partial charge in [0.2, 0.25) is 12.2 Å². The molecule has 1 radical (unpaired) electrons. The Hall–Kier alpha value is -1.12. The molecule has 3 heteroatoms. The second-order valence-electron chi connectivity index (χ2n) is 3.21. The van der Waals surface area contributed by atoms with Crippen molar-refractivity contribution in [3.05, 3.63) is 18.6 Å². The van der Waals surface area contributed by atoms with E-state index in [1.165, 1.54) is 0 Å². The van der Waals surface area contributed by atoms with Gasteiger partial charge in [0.15, 0.2) is 0 Å². The zero-order valence-corrected chi connectivity index (χ0v) is 6.96. The van der Waals surface area contributed by atoms with Crippen LogP contribution in [0.15, 0.2) is 12.3 Å². The minimum atomic E-state index is -0.206. The Balaban J connectivity index is 2.66.